The molecule has 15 atom stereocenters. The number of fused-ring (bicyclic) bond motifs is 1. The summed E-state index contributed by atoms with van der Waals surface area (Å²) in [6.45, 7) is -2.49. The van der Waals surface area contributed by atoms with Crippen LogP contribution in [0.2, 0.25) is 0 Å². The van der Waals surface area contributed by atoms with Crippen LogP contribution in [0.1, 0.15) is 79.1 Å². The minimum absolute atomic E-state index is 0.0398. The lowest BCUT2D eigenvalue weighted by Crippen LogP contribution is -2.65. The molecule has 2 aliphatic heterocycles. The van der Waals surface area contributed by atoms with Crippen molar-refractivity contribution in [3.05, 3.63) is 92.8 Å². The van der Waals surface area contributed by atoms with Gasteiger partial charge >= 0.3 is 17.6 Å². The average Bonchev–Trinajstić information content (AvgIpc) is 0.756. The number of aromatic nitrogens is 2. The van der Waals surface area contributed by atoms with E-state index in [2.05, 4.69) is 26.3 Å². The molecule has 15 N–H and O–H groups in total. The zero-order chi connectivity index (χ0) is 71.6. The van der Waals surface area contributed by atoms with Crippen molar-refractivity contribution in [1.82, 2.24) is 25.9 Å². The maximum atomic E-state index is 14.4. The molecule has 2 saturated heterocycles. The number of carbonyl (C=O) groups is 6. The predicted octanol–water partition coefficient (Wildman–Crippen LogP) is -2.92. The van der Waals surface area contributed by atoms with Crippen molar-refractivity contribution in [2.75, 3.05) is 51.4 Å². The zero-order valence-electron chi connectivity index (χ0n) is 51.8. The molecule has 3 heterocycles. The van der Waals surface area contributed by atoms with Crippen LogP contribution in [0.5, 0.6) is 0 Å². The first-order valence-electron chi connectivity index (χ1n) is 30.5. The summed E-state index contributed by atoms with van der Waals surface area (Å²) in [6, 6.07) is 8.66. The first kappa shape index (κ1) is 76.4. The Morgan fingerprint density at radius 2 is 1.34 bits per heavy atom. The molecule has 4 amide bonds. The van der Waals surface area contributed by atoms with Gasteiger partial charge in [0.25, 0.3) is 41.8 Å². The third kappa shape index (κ3) is 20.0. The van der Waals surface area contributed by atoms with Gasteiger partial charge in [0.15, 0.2) is 24.8 Å². The first-order valence-corrected chi connectivity index (χ1v) is 34.8. The van der Waals surface area contributed by atoms with Gasteiger partial charge in [-0.2, -0.15) is 25.3 Å². The topological polar surface area (TPSA) is 575 Å². The number of aliphatic carboxylic acids is 1. The molecule has 15 unspecified atom stereocenters. The number of benzene rings is 3. The Labute approximate surface area is 557 Å². The molecule has 0 spiro atoms. The number of H-pyrrole nitrogens is 2. The van der Waals surface area contributed by atoms with E-state index >= 15 is 0 Å². The number of amides is 4. The predicted molar refractivity (Wildman–Crippen MR) is 328 cm³/mol. The fraction of sp³-hybridized carbons (Fsp3) is 0.552. The molecule has 4 aromatic rings. The summed E-state index contributed by atoms with van der Waals surface area (Å²) in [5.74, 6) is -7.75. The Balaban J connectivity index is 0.977. The maximum absolute atomic E-state index is 14.4. The second-order valence-corrected chi connectivity index (χ2v) is 27.8. The number of nitrogens with one attached hydrogen (secondary N) is 6. The number of carboxylic acids is 1. The van der Waals surface area contributed by atoms with E-state index < -0.39 is 245 Å². The number of carboxylic acid groups (broad SMARTS) is 1. The summed E-state index contributed by atoms with van der Waals surface area (Å²) >= 11 is 0. The summed E-state index contributed by atoms with van der Waals surface area (Å²) in [7, 11) is -15.7. The monoisotopic (exact) mass is 1450 g/mol. The Bertz CT molecular complexity index is 3970. The van der Waals surface area contributed by atoms with Gasteiger partial charge < -0.3 is 94.8 Å². The highest BCUT2D eigenvalue weighted by molar-refractivity contribution is 7.87. The van der Waals surface area contributed by atoms with E-state index in [-0.39, 0.29) is 37.6 Å². The third-order valence-corrected chi connectivity index (χ3v) is 19.1. The summed E-state index contributed by atoms with van der Waals surface area (Å²) < 4.78 is 150. The highest BCUT2D eigenvalue weighted by atomic mass is 32.2. The number of anilines is 1. The fourth-order valence-electron chi connectivity index (χ4n) is 11.7. The highest BCUT2D eigenvalue weighted by Gasteiger charge is 2.55. The number of hydrogen-bond donors (Lipinski definition) is 15. The van der Waals surface area contributed by atoms with Crippen LogP contribution in [-0.4, -0.2) is 247 Å². The van der Waals surface area contributed by atoms with Crippen molar-refractivity contribution in [3.63, 3.8) is 0 Å². The van der Waals surface area contributed by atoms with Crippen molar-refractivity contribution < 1.29 is 136 Å². The van der Waals surface area contributed by atoms with Crippen LogP contribution in [0.3, 0.4) is 0 Å². The maximum Gasteiger partial charge on any atom is 0.338 e. The first-order chi connectivity index (χ1) is 46.2. The lowest BCUT2D eigenvalue weighted by Gasteiger charge is -2.48. The van der Waals surface area contributed by atoms with E-state index in [1.807, 2.05) is 4.98 Å². The minimum atomic E-state index is -5.35. The molecule has 4 aliphatic rings. The number of ether oxygens (including phenoxy) is 8. The molecule has 37 nitrogen and oxygen atoms in total. The smallest absolute Gasteiger partial charge is 0.338 e. The molecule has 40 heteroatoms. The number of carbonyl (C=O) groups excluding carboxylic acids is 5. The molecular formula is C58H74N6O31S3. The normalized spacial score (nSPS) is 26.7. The van der Waals surface area contributed by atoms with Crippen molar-refractivity contribution in [3.8, 4) is 0 Å². The van der Waals surface area contributed by atoms with Crippen LogP contribution < -0.4 is 32.5 Å². The molecular weight excluding hydrogens is 1370 g/mol. The van der Waals surface area contributed by atoms with Crippen LogP contribution in [0.25, 0.3) is 10.8 Å². The molecule has 1 aromatic heterocycles. The zero-order valence-corrected chi connectivity index (χ0v) is 54.3. The summed E-state index contributed by atoms with van der Waals surface area (Å²) in [4.78, 5) is 107. The Hall–Kier alpha value is -7.33. The van der Waals surface area contributed by atoms with E-state index in [0.717, 1.165) is 25.3 Å². The Morgan fingerprint density at radius 1 is 0.694 bits per heavy atom. The number of aromatic amines is 2. The molecule has 8 rings (SSSR count). The van der Waals surface area contributed by atoms with E-state index in [0.29, 0.717) is 37.1 Å². The van der Waals surface area contributed by atoms with Gasteiger partial charge in [0, 0.05) is 30.5 Å². The quantitative estimate of drug-likeness (QED) is 0.0147. The van der Waals surface area contributed by atoms with Gasteiger partial charge in [-0.05, 0) is 73.9 Å². The average molecular weight is 1450 g/mol. The van der Waals surface area contributed by atoms with Gasteiger partial charge in [-0.3, -0.25) is 42.6 Å². The lowest BCUT2D eigenvalue weighted by molar-refractivity contribution is -0.347. The number of hydrogen-bond acceptors (Lipinski definition) is 27. The van der Waals surface area contributed by atoms with E-state index in [9.17, 15) is 108 Å². The van der Waals surface area contributed by atoms with Gasteiger partial charge in [0.1, 0.15) is 66.5 Å². The molecule has 2 saturated carbocycles. The standard InChI is InChI=1S/C58H74N6O31S3/c1-27-45(69)47(71)48(72)56(90-27)95-49-35(62-53(74)36-23-41(66)64-58(78)63-36)19-31(20-37(49)92-57-51(94-55(77)29-10-6-3-7-11-29)50(46(70)39(24-65)93-57)91-38(54(75)76)16-28-8-4-2-5-9-28)52(73)60-13-12-59-42(67)25-88-14-15-89-26-43(68)61-34-21-32(96(79,80)81)17-30-18-33(97(82,83)84)22-40(44(30)34)98(85,86)87/h3,6-7,10-11,17-18,21-23,27-28,31,35,37-39,45-51,56-57,65,69-72H,2,4-5,8-9,12-16,19-20,24-26H2,1H3,(H,59,67)(H,60,73)(H,61,68)(H,62,74)(H,75,76)(H,79,80,81)(H,82,83,84)(H,85,86,87)(H2,63,64,66,78). The fourth-order valence-corrected chi connectivity index (χ4v) is 13.7. The molecule has 2 aliphatic carbocycles. The second kappa shape index (κ2) is 33.2. The summed E-state index contributed by atoms with van der Waals surface area (Å²) in [6.07, 6.45) is -20.2. The van der Waals surface area contributed by atoms with Gasteiger partial charge in [-0.15, -0.1) is 0 Å². The SMILES string of the molecule is CC1OC(OC2C(NC(=O)c3cc(=O)[nH]c(=O)[nH]3)CC(C(=O)NCCNC(=O)COCCOCC(=O)Nc3cc(S(=O)(=O)O)cc4cc(S(=O)(=O)O)cc(S(=O)(=O)O)c34)CC2OC2OC(CO)C(O)C(OC(CC3CCCCC3)C(=O)O)C2OC(=O)c2ccccc2)C(O)C(O)C1O. The molecule has 3 aromatic carbocycles. The number of aliphatic hydroxyl groups excluding tert-OH is 5. The van der Waals surface area contributed by atoms with Crippen LogP contribution in [0.4, 0.5) is 5.69 Å². The van der Waals surface area contributed by atoms with Crippen LogP contribution in [0.15, 0.2) is 84.9 Å². The largest absolute Gasteiger partial charge is 0.479 e. The molecule has 0 radical (unpaired) electrons. The van der Waals surface area contributed by atoms with Gasteiger partial charge in [-0.25, -0.2) is 14.4 Å². The Morgan fingerprint density at radius 3 is 1.96 bits per heavy atom. The summed E-state index contributed by atoms with van der Waals surface area (Å²) in [5, 5.41) is 74.5. The lowest BCUT2D eigenvalue weighted by atomic mass is 9.80. The van der Waals surface area contributed by atoms with E-state index in [4.69, 9.17) is 37.9 Å². The molecule has 0 bridgehead atoms. The molecule has 540 valence electrons. The van der Waals surface area contributed by atoms with Gasteiger partial charge in [0.05, 0.1) is 59.1 Å². The minimum Gasteiger partial charge on any atom is -0.479 e. The van der Waals surface area contributed by atoms with Crippen molar-refractivity contribution in [2.24, 2.45) is 11.8 Å². The van der Waals surface area contributed by atoms with E-state index in [1.165, 1.54) is 31.2 Å². The number of esters is 1. The van der Waals surface area contributed by atoms with Crippen molar-refractivity contribution >= 4 is 82.4 Å². The second-order valence-electron chi connectivity index (χ2n) is 23.5. The van der Waals surface area contributed by atoms with Crippen molar-refractivity contribution in [1.29, 1.82) is 0 Å². The van der Waals surface area contributed by atoms with Crippen LogP contribution >= 0.6 is 0 Å². The van der Waals surface area contributed by atoms with Crippen molar-refractivity contribution in [2.45, 2.75) is 159 Å². The van der Waals surface area contributed by atoms with Crippen LogP contribution in [-0.2, 0) is 87.4 Å². The van der Waals surface area contributed by atoms with E-state index in [1.54, 1.807) is 6.07 Å². The number of aliphatic hydroxyl groups is 5. The highest BCUT2D eigenvalue weighted by Crippen LogP contribution is 2.39. The van der Waals surface area contributed by atoms with Crippen LogP contribution in [0, 0.1) is 11.8 Å². The summed E-state index contributed by atoms with van der Waals surface area (Å²) in [5.41, 5.74) is -3.45. The van der Waals surface area contributed by atoms with Gasteiger partial charge in [0.2, 0.25) is 17.7 Å². The third-order valence-electron chi connectivity index (χ3n) is 16.5. The Kier molecular flexibility index (Phi) is 25.9. The molecule has 98 heavy (non-hydrogen) atoms. The number of rotatable bonds is 29. The van der Waals surface area contributed by atoms with Gasteiger partial charge in [-0.1, -0.05) is 50.3 Å². The molecule has 4 fully saturated rings.